The van der Waals surface area contributed by atoms with Crippen LogP contribution in [0.2, 0.25) is 0 Å². The molecule has 0 spiro atoms. The largest absolute Gasteiger partial charge is 0.394 e. The van der Waals surface area contributed by atoms with Crippen molar-refractivity contribution in [3.05, 3.63) is 24.3 Å². The summed E-state index contributed by atoms with van der Waals surface area (Å²) in [5, 5.41) is 54.9. The first-order chi connectivity index (χ1) is 37.3. The van der Waals surface area contributed by atoms with Crippen LogP contribution in [0.15, 0.2) is 24.3 Å². The maximum atomic E-state index is 13.1. The van der Waals surface area contributed by atoms with Crippen LogP contribution in [0.1, 0.15) is 341 Å². The Labute approximate surface area is 470 Å². The van der Waals surface area contributed by atoms with Gasteiger partial charge in [0.05, 0.1) is 25.4 Å². The van der Waals surface area contributed by atoms with Gasteiger partial charge in [-0.25, -0.2) is 0 Å². The van der Waals surface area contributed by atoms with Crippen molar-refractivity contribution >= 4 is 5.91 Å². The molecular formula is C67H129NO8. The van der Waals surface area contributed by atoms with Crippen molar-refractivity contribution in [2.75, 3.05) is 13.2 Å². The van der Waals surface area contributed by atoms with Crippen molar-refractivity contribution in [3.63, 3.8) is 0 Å². The number of nitrogens with one attached hydrogen (secondary N) is 1. The van der Waals surface area contributed by atoms with E-state index >= 15 is 0 Å². The van der Waals surface area contributed by atoms with Gasteiger partial charge in [0.2, 0.25) is 5.91 Å². The molecule has 0 bridgehead atoms. The number of allylic oxidation sites excluding steroid dienone is 4. The first-order valence-corrected chi connectivity index (χ1v) is 33.5. The first-order valence-electron chi connectivity index (χ1n) is 33.5. The Morgan fingerprint density at radius 2 is 0.776 bits per heavy atom. The maximum Gasteiger partial charge on any atom is 0.220 e. The number of aliphatic hydroxyl groups excluding tert-OH is 5. The number of carbonyl (C=O) groups excluding carboxylic acids is 1. The molecule has 76 heavy (non-hydrogen) atoms. The lowest BCUT2D eigenvalue weighted by molar-refractivity contribution is -0.302. The van der Waals surface area contributed by atoms with Gasteiger partial charge in [-0.05, 0) is 44.9 Å². The lowest BCUT2D eigenvalue weighted by Gasteiger charge is -2.40. The fourth-order valence-electron chi connectivity index (χ4n) is 11.0. The van der Waals surface area contributed by atoms with Gasteiger partial charge in [0.25, 0.3) is 0 Å². The molecule has 7 unspecified atom stereocenters. The zero-order chi connectivity index (χ0) is 55.0. The molecular weight excluding hydrogens is 947 g/mol. The summed E-state index contributed by atoms with van der Waals surface area (Å²) in [7, 11) is 0. The van der Waals surface area contributed by atoms with Crippen molar-refractivity contribution in [3.8, 4) is 0 Å². The Morgan fingerprint density at radius 3 is 1.13 bits per heavy atom. The molecule has 9 heteroatoms. The number of ether oxygens (including phenoxy) is 2. The SMILES string of the molecule is CCCCCCC/C=C\C/C=C\CCCCCCCCCCCC(=O)NC(COC1OC(CO)C(O)C(O)C1O)C(O)CCCCCCCCCCCCCCCCCCCCCCCCCCCCCCCCCC. The fraction of sp³-hybridized carbons (Fsp3) is 0.925. The minimum atomic E-state index is -1.55. The standard InChI is InChI=1S/C67H129NO8/c1-3-5-7-9-11-13-15-17-19-21-23-25-26-27-28-29-30-31-32-33-34-35-37-38-40-42-44-46-48-50-52-54-56-61(70)60(59-75-67-66(74)65(73)64(72)62(58-69)76-67)68-63(71)57-55-53-51-49-47-45-43-41-39-36-24-22-20-18-16-14-12-10-8-6-4-2/h16,18,22,24,60-62,64-67,69-70,72-74H,3-15,17,19-21,23,25-59H2,1-2H3,(H,68,71)/b18-16-,24-22-. The van der Waals surface area contributed by atoms with Gasteiger partial charge in [-0.2, -0.15) is 0 Å². The second kappa shape index (κ2) is 56.9. The molecule has 0 saturated carbocycles. The van der Waals surface area contributed by atoms with E-state index in [2.05, 4.69) is 43.5 Å². The second-order valence-corrected chi connectivity index (χ2v) is 23.6. The summed E-state index contributed by atoms with van der Waals surface area (Å²) in [6.07, 6.45) is 66.7. The van der Waals surface area contributed by atoms with E-state index in [9.17, 15) is 30.3 Å². The molecule has 0 radical (unpaired) electrons. The Hall–Kier alpha value is -1.33. The Morgan fingerprint density at radius 1 is 0.447 bits per heavy atom. The van der Waals surface area contributed by atoms with Crippen LogP contribution >= 0.6 is 0 Å². The van der Waals surface area contributed by atoms with Gasteiger partial charge < -0.3 is 40.3 Å². The zero-order valence-electron chi connectivity index (χ0n) is 50.3. The minimum Gasteiger partial charge on any atom is -0.394 e. The van der Waals surface area contributed by atoms with Crippen molar-refractivity contribution in [2.24, 2.45) is 0 Å². The highest BCUT2D eigenvalue weighted by Crippen LogP contribution is 2.24. The van der Waals surface area contributed by atoms with Gasteiger partial charge in [0.15, 0.2) is 6.29 Å². The van der Waals surface area contributed by atoms with Crippen molar-refractivity contribution < 1.29 is 39.8 Å². The molecule has 0 aromatic carbocycles. The fourth-order valence-corrected chi connectivity index (χ4v) is 11.0. The number of carbonyl (C=O) groups is 1. The van der Waals surface area contributed by atoms with Gasteiger partial charge in [0, 0.05) is 6.42 Å². The van der Waals surface area contributed by atoms with E-state index in [0.717, 1.165) is 44.9 Å². The number of amides is 1. The van der Waals surface area contributed by atoms with E-state index in [0.29, 0.717) is 12.8 Å². The summed E-state index contributed by atoms with van der Waals surface area (Å²) in [6, 6.07) is -0.722. The van der Waals surface area contributed by atoms with E-state index in [1.807, 2.05) is 0 Å². The van der Waals surface area contributed by atoms with Crippen molar-refractivity contribution in [1.29, 1.82) is 0 Å². The highest BCUT2D eigenvalue weighted by molar-refractivity contribution is 5.76. The average Bonchev–Trinajstić information content (AvgIpc) is 3.42. The normalized spacial score (nSPS) is 18.9. The molecule has 1 aliphatic rings. The van der Waals surface area contributed by atoms with E-state index in [-0.39, 0.29) is 12.5 Å². The Bertz CT molecular complexity index is 1250. The van der Waals surface area contributed by atoms with E-state index in [1.54, 1.807) is 0 Å². The van der Waals surface area contributed by atoms with Crippen molar-refractivity contribution in [1.82, 2.24) is 5.32 Å². The van der Waals surface area contributed by atoms with Gasteiger partial charge >= 0.3 is 0 Å². The predicted octanol–water partition coefficient (Wildman–Crippen LogP) is 17.7. The van der Waals surface area contributed by atoms with Crippen LogP contribution < -0.4 is 5.32 Å². The number of aliphatic hydroxyl groups is 5. The molecule has 6 N–H and O–H groups in total. The molecule has 0 aromatic rings. The molecule has 0 aromatic heterocycles. The number of hydrogen-bond acceptors (Lipinski definition) is 8. The number of hydrogen-bond donors (Lipinski definition) is 6. The third kappa shape index (κ3) is 45.4. The predicted molar refractivity (Wildman–Crippen MR) is 323 cm³/mol. The Kier molecular flexibility index (Phi) is 54.4. The van der Waals surface area contributed by atoms with E-state index < -0.39 is 49.5 Å². The van der Waals surface area contributed by atoms with Crippen LogP contribution in [-0.4, -0.2) is 87.5 Å². The summed E-state index contributed by atoms with van der Waals surface area (Å²) < 4.78 is 11.4. The molecule has 9 nitrogen and oxygen atoms in total. The average molecular weight is 1080 g/mol. The summed E-state index contributed by atoms with van der Waals surface area (Å²) in [6.45, 7) is 3.87. The smallest absolute Gasteiger partial charge is 0.220 e. The van der Waals surface area contributed by atoms with Gasteiger partial charge in [-0.3, -0.25) is 4.79 Å². The monoisotopic (exact) mass is 1080 g/mol. The van der Waals surface area contributed by atoms with Gasteiger partial charge in [-0.1, -0.05) is 314 Å². The number of unbranched alkanes of at least 4 members (excludes halogenated alkanes) is 45. The second-order valence-electron chi connectivity index (χ2n) is 23.6. The number of rotatable bonds is 59. The molecule has 7 atom stereocenters. The molecule has 1 amide bonds. The highest BCUT2D eigenvalue weighted by atomic mass is 16.7. The van der Waals surface area contributed by atoms with Gasteiger partial charge in [0.1, 0.15) is 24.4 Å². The van der Waals surface area contributed by atoms with Crippen LogP contribution in [0.4, 0.5) is 0 Å². The van der Waals surface area contributed by atoms with Crippen LogP contribution in [0.5, 0.6) is 0 Å². The van der Waals surface area contributed by atoms with Crippen LogP contribution in [0, 0.1) is 0 Å². The summed E-state index contributed by atoms with van der Waals surface area (Å²) in [5.74, 6) is -0.143. The maximum absolute atomic E-state index is 13.1. The third-order valence-corrected chi connectivity index (χ3v) is 16.3. The lowest BCUT2D eigenvalue weighted by atomic mass is 9.99. The van der Waals surface area contributed by atoms with Gasteiger partial charge in [-0.15, -0.1) is 0 Å². The molecule has 1 fully saturated rings. The van der Waals surface area contributed by atoms with Crippen LogP contribution in [0.25, 0.3) is 0 Å². The van der Waals surface area contributed by atoms with Crippen LogP contribution in [-0.2, 0) is 14.3 Å². The summed E-state index contributed by atoms with van der Waals surface area (Å²) in [4.78, 5) is 13.1. The molecule has 1 heterocycles. The van der Waals surface area contributed by atoms with E-state index in [4.69, 9.17) is 9.47 Å². The zero-order valence-corrected chi connectivity index (χ0v) is 50.3. The molecule has 1 aliphatic heterocycles. The topological polar surface area (TPSA) is 149 Å². The van der Waals surface area contributed by atoms with E-state index in [1.165, 1.54) is 270 Å². The highest BCUT2D eigenvalue weighted by Gasteiger charge is 2.44. The molecule has 0 aliphatic carbocycles. The summed E-state index contributed by atoms with van der Waals surface area (Å²) in [5.41, 5.74) is 0. The first kappa shape index (κ1) is 72.7. The quantitative estimate of drug-likeness (QED) is 0.0261. The minimum absolute atomic E-state index is 0.137. The lowest BCUT2D eigenvalue weighted by Crippen LogP contribution is -2.60. The molecule has 1 saturated heterocycles. The molecule has 1 rings (SSSR count). The molecule has 450 valence electrons. The van der Waals surface area contributed by atoms with Crippen molar-refractivity contribution in [2.45, 2.75) is 384 Å². The summed E-state index contributed by atoms with van der Waals surface area (Å²) >= 11 is 0. The third-order valence-electron chi connectivity index (χ3n) is 16.3. The Balaban J connectivity index is 2.11. The van der Waals surface area contributed by atoms with Crippen LogP contribution in [0.3, 0.4) is 0 Å².